The average molecular weight is 265 g/mol. The lowest BCUT2D eigenvalue weighted by Crippen LogP contribution is -2.49. The smallest absolute Gasteiger partial charge is 0.0218 e. The molecular formula is C16H31N3. The van der Waals surface area contributed by atoms with Gasteiger partial charge in [0.05, 0.1) is 0 Å². The summed E-state index contributed by atoms with van der Waals surface area (Å²) in [6.45, 7) is 3.76. The molecule has 2 heterocycles. The molecule has 110 valence electrons. The van der Waals surface area contributed by atoms with Crippen molar-refractivity contribution in [3.63, 3.8) is 0 Å². The third kappa shape index (κ3) is 3.32. The molecule has 3 aliphatic rings. The molecule has 19 heavy (non-hydrogen) atoms. The van der Waals surface area contributed by atoms with Crippen LogP contribution in [0.25, 0.3) is 0 Å². The van der Waals surface area contributed by atoms with Crippen LogP contribution in [-0.2, 0) is 0 Å². The highest BCUT2D eigenvalue weighted by Crippen LogP contribution is 2.32. The van der Waals surface area contributed by atoms with Crippen molar-refractivity contribution >= 4 is 0 Å². The Morgan fingerprint density at radius 3 is 2.74 bits per heavy atom. The van der Waals surface area contributed by atoms with Crippen molar-refractivity contribution in [3.05, 3.63) is 0 Å². The van der Waals surface area contributed by atoms with Crippen molar-refractivity contribution < 1.29 is 0 Å². The minimum absolute atomic E-state index is 0.782. The van der Waals surface area contributed by atoms with Gasteiger partial charge in [-0.3, -0.25) is 0 Å². The van der Waals surface area contributed by atoms with E-state index in [-0.39, 0.29) is 0 Å². The maximum Gasteiger partial charge on any atom is 0.0218 e. The third-order valence-electron chi connectivity index (χ3n) is 5.72. The van der Waals surface area contributed by atoms with Crippen molar-refractivity contribution in [1.82, 2.24) is 15.5 Å². The first-order valence-corrected chi connectivity index (χ1v) is 8.51. The van der Waals surface area contributed by atoms with E-state index in [4.69, 9.17) is 0 Å². The van der Waals surface area contributed by atoms with Gasteiger partial charge in [-0.1, -0.05) is 12.8 Å². The number of nitrogens with one attached hydrogen (secondary N) is 2. The van der Waals surface area contributed by atoms with Crippen LogP contribution in [0.5, 0.6) is 0 Å². The Morgan fingerprint density at radius 1 is 1.05 bits per heavy atom. The number of piperidine rings is 1. The monoisotopic (exact) mass is 265 g/mol. The number of nitrogens with zero attached hydrogens (tertiary/aromatic N) is 1. The normalized spacial score (nSPS) is 40.9. The SMILES string of the molecule is CN1CCCC1CNC1CCCC1C1CCCCN1. The molecule has 0 radical (unpaired) electrons. The topological polar surface area (TPSA) is 27.3 Å². The Labute approximate surface area is 118 Å². The Bertz CT molecular complexity index is 275. The van der Waals surface area contributed by atoms with E-state index >= 15 is 0 Å². The Kier molecular flexibility index (Phi) is 4.78. The van der Waals surface area contributed by atoms with Gasteiger partial charge in [0.15, 0.2) is 0 Å². The molecule has 4 atom stereocenters. The highest BCUT2D eigenvalue weighted by Gasteiger charge is 2.34. The van der Waals surface area contributed by atoms with Crippen molar-refractivity contribution in [2.75, 3.05) is 26.7 Å². The molecule has 4 unspecified atom stereocenters. The van der Waals surface area contributed by atoms with Crippen LogP contribution >= 0.6 is 0 Å². The maximum absolute atomic E-state index is 3.92. The molecule has 1 saturated carbocycles. The summed E-state index contributed by atoms with van der Waals surface area (Å²) in [6.07, 6.45) is 11.3. The van der Waals surface area contributed by atoms with Crippen molar-refractivity contribution in [2.24, 2.45) is 5.92 Å². The fourth-order valence-electron chi connectivity index (χ4n) is 4.49. The molecule has 0 spiro atoms. The number of hydrogen-bond acceptors (Lipinski definition) is 3. The van der Waals surface area contributed by atoms with E-state index in [1.165, 1.54) is 71.0 Å². The lowest BCUT2D eigenvalue weighted by atomic mass is 9.88. The molecule has 0 aromatic heterocycles. The summed E-state index contributed by atoms with van der Waals surface area (Å²) in [5.41, 5.74) is 0. The van der Waals surface area contributed by atoms with Crippen LogP contribution in [-0.4, -0.2) is 49.7 Å². The van der Waals surface area contributed by atoms with E-state index in [0.29, 0.717) is 0 Å². The Morgan fingerprint density at radius 2 is 2.00 bits per heavy atom. The fourth-order valence-corrected chi connectivity index (χ4v) is 4.49. The highest BCUT2D eigenvalue weighted by molar-refractivity contribution is 4.93. The van der Waals surface area contributed by atoms with E-state index in [2.05, 4.69) is 22.6 Å². The molecule has 1 aliphatic carbocycles. The molecule has 0 bridgehead atoms. The van der Waals surface area contributed by atoms with Crippen molar-refractivity contribution in [3.8, 4) is 0 Å². The van der Waals surface area contributed by atoms with Crippen LogP contribution in [0, 0.1) is 5.92 Å². The molecule has 0 aromatic carbocycles. The average Bonchev–Trinajstić information content (AvgIpc) is 3.06. The van der Waals surface area contributed by atoms with Gasteiger partial charge in [-0.05, 0) is 64.6 Å². The third-order valence-corrected chi connectivity index (χ3v) is 5.72. The van der Waals surface area contributed by atoms with Gasteiger partial charge in [-0.2, -0.15) is 0 Å². The number of hydrogen-bond donors (Lipinski definition) is 2. The fraction of sp³-hybridized carbons (Fsp3) is 1.00. The van der Waals surface area contributed by atoms with E-state index in [9.17, 15) is 0 Å². The van der Waals surface area contributed by atoms with Crippen LogP contribution in [0.15, 0.2) is 0 Å². The molecule has 0 amide bonds. The maximum atomic E-state index is 3.92. The first-order valence-electron chi connectivity index (χ1n) is 8.51. The van der Waals surface area contributed by atoms with Gasteiger partial charge < -0.3 is 15.5 Å². The summed E-state index contributed by atoms with van der Waals surface area (Å²) in [7, 11) is 2.29. The molecule has 2 aliphatic heterocycles. The molecule has 2 N–H and O–H groups in total. The molecule has 3 fully saturated rings. The highest BCUT2D eigenvalue weighted by atomic mass is 15.2. The Balaban J connectivity index is 1.48. The van der Waals surface area contributed by atoms with Crippen LogP contribution in [0.3, 0.4) is 0 Å². The van der Waals surface area contributed by atoms with E-state index in [1.54, 1.807) is 0 Å². The largest absolute Gasteiger partial charge is 0.314 e. The molecular weight excluding hydrogens is 234 g/mol. The van der Waals surface area contributed by atoms with E-state index in [1.807, 2.05) is 0 Å². The minimum atomic E-state index is 0.782. The zero-order valence-corrected chi connectivity index (χ0v) is 12.5. The summed E-state index contributed by atoms with van der Waals surface area (Å²) in [4.78, 5) is 2.54. The van der Waals surface area contributed by atoms with Gasteiger partial charge in [-0.15, -0.1) is 0 Å². The minimum Gasteiger partial charge on any atom is -0.314 e. The van der Waals surface area contributed by atoms with Gasteiger partial charge in [0.25, 0.3) is 0 Å². The van der Waals surface area contributed by atoms with Gasteiger partial charge in [0.1, 0.15) is 0 Å². The second-order valence-corrected chi connectivity index (χ2v) is 6.94. The predicted molar refractivity (Wildman–Crippen MR) is 80.4 cm³/mol. The van der Waals surface area contributed by atoms with Crippen molar-refractivity contribution in [1.29, 1.82) is 0 Å². The number of likely N-dealkylation sites (tertiary alicyclic amines) is 1. The quantitative estimate of drug-likeness (QED) is 0.814. The van der Waals surface area contributed by atoms with Crippen LogP contribution in [0.1, 0.15) is 51.4 Å². The first kappa shape index (κ1) is 13.8. The van der Waals surface area contributed by atoms with Crippen LogP contribution in [0.4, 0.5) is 0 Å². The van der Waals surface area contributed by atoms with E-state index in [0.717, 1.165) is 24.0 Å². The second-order valence-electron chi connectivity index (χ2n) is 6.94. The summed E-state index contributed by atoms with van der Waals surface area (Å²) < 4.78 is 0. The van der Waals surface area contributed by atoms with E-state index < -0.39 is 0 Å². The summed E-state index contributed by atoms with van der Waals surface area (Å²) in [6, 6.07) is 2.38. The molecule has 3 heteroatoms. The lowest BCUT2D eigenvalue weighted by molar-refractivity contribution is 0.237. The summed E-state index contributed by atoms with van der Waals surface area (Å²) in [5.74, 6) is 0.895. The van der Waals surface area contributed by atoms with Gasteiger partial charge in [-0.25, -0.2) is 0 Å². The summed E-state index contributed by atoms with van der Waals surface area (Å²) in [5, 5.41) is 7.70. The van der Waals surface area contributed by atoms with Gasteiger partial charge in [0.2, 0.25) is 0 Å². The molecule has 2 saturated heterocycles. The molecule has 3 nitrogen and oxygen atoms in total. The molecule has 0 aromatic rings. The molecule has 3 rings (SSSR count). The zero-order chi connectivity index (χ0) is 13.1. The second kappa shape index (κ2) is 6.55. The predicted octanol–water partition coefficient (Wildman–Crippen LogP) is 1.98. The van der Waals surface area contributed by atoms with Crippen LogP contribution < -0.4 is 10.6 Å². The number of rotatable bonds is 4. The Hall–Kier alpha value is -0.120. The first-order chi connectivity index (χ1) is 9.34. The standard InChI is InChI=1S/C16H31N3/c1-19-11-5-6-13(19)12-18-16-9-4-7-14(16)15-8-2-3-10-17-15/h13-18H,2-12H2,1H3. The number of likely N-dealkylation sites (N-methyl/N-ethyl adjacent to an activating group) is 1. The van der Waals surface area contributed by atoms with Crippen LogP contribution in [0.2, 0.25) is 0 Å². The van der Waals surface area contributed by atoms with Gasteiger partial charge in [0, 0.05) is 24.7 Å². The van der Waals surface area contributed by atoms with Gasteiger partial charge >= 0.3 is 0 Å². The summed E-state index contributed by atoms with van der Waals surface area (Å²) >= 11 is 0. The van der Waals surface area contributed by atoms with Crippen molar-refractivity contribution in [2.45, 2.75) is 69.5 Å². The lowest BCUT2D eigenvalue weighted by Gasteiger charge is -2.34. The zero-order valence-electron chi connectivity index (χ0n) is 12.5.